The average Bonchev–Trinajstić information content (AvgIpc) is 2.94. The van der Waals surface area contributed by atoms with Crippen molar-refractivity contribution in [2.24, 2.45) is 4.99 Å². The third-order valence-corrected chi connectivity index (χ3v) is 2.99. The zero-order valence-electron chi connectivity index (χ0n) is 13.1. The fourth-order valence-electron chi connectivity index (χ4n) is 1.88. The summed E-state index contributed by atoms with van der Waals surface area (Å²) in [6.07, 6.45) is 0. The molecular weight excluding hydrogens is 282 g/mol. The lowest BCUT2D eigenvalue weighted by atomic mass is 10.3. The summed E-state index contributed by atoms with van der Waals surface area (Å²) < 4.78 is 10.6. The van der Waals surface area contributed by atoms with E-state index in [2.05, 4.69) is 20.4 Å². The molecule has 0 radical (unpaired) electrons. The fraction of sp³-hybridized carbons (Fsp3) is 0.400. The topological polar surface area (TPSA) is 75.8 Å². The number of benzene rings is 1. The van der Waals surface area contributed by atoms with Crippen molar-refractivity contribution >= 4 is 5.96 Å². The maximum atomic E-state index is 5.67. The molecule has 0 aliphatic carbocycles. The first-order chi connectivity index (χ1) is 10.7. The van der Waals surface area contributed by atoms with E-state index in [1.807, 2.05) is 42.3 Å². The summed E-state index contributed by atoms with van der Waals surface area (Å²) in [5.74, 6) is 2.77. The Morgan fingerprint density at radius 1 is 1.36 bits per heavy atom. The van der Waals surface area contributed by atoms with E-state index in [0.29, 0.717) is 31.4 Å². The molecule has 118 valence electrons. The number of hydrogen-bond acceptors (Lipinski definition) is 5. The van der Waals surface area contributed by atoms with Crippen LogP contribution >= 0.6 is 0 Å². The molecule has 2 aromatic rings. The van der Waals surface area contributed by atoms with Crippen molar-refractivity contribution in [2.45, 2.75) is 13.5 Å². The Balaban J connectivity index is 1.75. The van der Waals surface area contributed by atoms with Crippen LogP contribution in [0.5, 0.6) is 5.75 Å². The first-order valence-corrected chi connectivity index (χ1v) is 7.08. The van der Waals surface area contributed by atoms with Gasteiger partial charge in [0.2, 0.25) is 5.89 Å². The van der Waals surface area contributed by atoms with Crippen LogP contribution in [0.15, 0.2) is 39.8 Å². The monoisotopic (exact) mass is 303 g/mol. The van der Waals surface area contributed by atoms with Gasteiger partial charge >= 0.3 is 0 Å². The Kier molecular flexibility index (Phi) is 5.76. The van der Waals surface area contributed by atoms with E-state index < -0.39 is 0 Å². The zero-order chi connectivity index (χ0) is 15.8. The summed E-state index contributed by atoms with van der Waals surface area (Å²) in [4.78, 5) is 10.3. The van der Waals surface area contributed by atoms with E-state index in [1.165, 1.54) is 0 Å². The molecule has 0 aliphatic heterocycles. The summed E-state index contributed by atoms with van der Waals surface area (Å²) in [5, 5.41) is 7.02. The molecule has 0 spiro atoms. The van der Waals surface area contributed by atoms with Crippen molar-refractivity contribution in [3.05, 3.63) is 42.0 Å². The molecule has 1 N–H and O–H groups in total. The Bertz CT molecular complexity index is 597. The molecule has 1 heterocycles. The molecule has 0 atom stereocenters. The largest absolute Gasteiger partial charge is 0.492 e. The first kappa shape index (κ1) is 15.8. The van der Waals surface area contributed by atoms with Gasteiger partial charge in [-0.15, -0.1) is 0 Å². The van der Waals surface area contributed by atoms with Crippen LogP contribution in [0.2, 0.25) is 0 Å². The summed E-state index contributed by atoms with van der Waals surface area (Å²) >= 11 is 0. The van der Waals surface area contributed by atoms with Gasteiger partial charge in [-0.1, -0.05) is 23.4 Å². The second-order valence-electron chi connectivity index (χ2n) is 4.71. The quantitative estimate of drug-likeness (QED) is 0.643. The van der Waals surface area contributed by atoms with Gasteiger partial charge in [0.1, 0.15) is 12.4 Å². The minimum atomic E-state index is 0.466. The highest BCUT2D eigenvalue weighted by Crippen LogP contribution is 2.07. The van der Waals surface area contributed by atoms with Crippen LogP contribution in [0.25, 0.3) is 0 Å². The molecule has 0 amide bonds. The van der Waals surface area contributed by atoms with Gasteiger partial charge in [0.05, 0.1) is 13.1 Å². The minimum Gasteiger partial charge on any atom is -0.492 e. The number of rotatable bonds is 6. The molecule has 0 aliphatic rings. The normalized spacial score (nSPS) is 11.3. The molecule has 22 heavy (non-hydrogen) atoms. The van der Waals surface area contributed by atoms with Gasteiger partial charge in [0.15, 0.2) is 11.8 Å². The molecule has 1 aromatic heterocycles. The summed E-state index contributed by atoms with van der Waals surface area (Å²) in [6.45, 7) is 3.51. The van der Waals surface area contributed by atoms with E-state index in [9.17, 15) is 0 Å². The van der Waals surface area contributed by atoms with Crippen LogP contribution in [0.1, 0.15) is 11.7 Å². The van der Waals surface area contributed by atoms with E-state index in [-0.39, 0.29) is 0 Å². The number of hydrogen-bond donors (Lipinski definition) is 1. The molecule has 7 nitrogen and oxygen atoms in total. The third-order valence-electron chi connectivity index (χ3n) is 2.99. The van der Waals surface area contributed by atoms with Crippen LogP contribution in [0.3, 0.4) is 0 Å². The van der Waals surface area contributed by atoms with Gasteiger partial charge in [-0.05, 0) is 12.1 Å². The average molecular weight is 303 g/mol. The van der Waals surface area contributed by atoms with Crippen LogP contribution in [-0.2, 0) is 6.54 Å². The maximum absolute atomic E-state index is 5.67. The Morgan fingerprint density at radius 3 is 2.77 bits per heavy atom. The molecule has 0 saturated heterocycles. The van der Waals surface area contributed by atoms with Crippen molar-refractivity contribution < 1.29 is 9.26 Å². The van der Waals surface area contributed by atoms with E-state index >= 15 is 0 Å². The van der Waals surface area contributed by atoms with Gasteiger partial charge in [0, 0.05) is 21.0 Å². The number of para-hydroxylation sites is 1. The van der Waals surface area contributed by atoms with Crippen LogP contribution in [-0.4, -0.2) is 48.2 Å². The SMILES string of the molecule is CN=C(NCc1noc(C)n1)N(C)CCOc1ccccc1. The van der Waals surface area contributed by atoms with Gasteiger partial charge in [-0.2, -0.15) is 4.98 Å². The van der Waals surface area contributed by atoms with Crippen molar-refractivity contribution in [3.8, 4) is 5.75 Å². The Labute approximate surface area is 130 Å². The van der Waals surface area contributed by atoms with Crippen molar-refractivity contribution in [1.29, 1.82) is 0 Å². The number of aromatic nitrogens is 2. The lowest BCUT2D eigenvalue weighted by Gasteiger charge is -2.21. The Hall–Kier alpha value is -2.57. The lowest BCUT2D eigenvalue weighted by molar-refractivity contribution is 0.281. The summed E-state index contributed by atoms with van der Waals surface area (Å²) in [5.41, 5.74) is 0. The van der Waals surface area contributed by atoms with Gasteiger partial charge in [-0.3, -0.25) is 4.99 Å². The van der Waals surface area contributed by atoms with Gasteiger partial charge in [-0.25, -0.2) is 0 Å². The number of guanidine groups is 1. The minimum absolute atomic E-state index is 0.466. The predicted molar refractivity (Wildman–Crippen MR) is 83.8 cm³/mol. The fourth-order valence-corrected chi connectivity index (χ4v) is 1.88. The van der Waals surface area contributed by atoms with E-state index in [1.54, 1.807) is 14.0 Å². The van der Waals surface area contributed by atoms with Gasteiger partial charge < -0.3 is 19.5 Å². The molecule has 0 bridgehead atoms. The molecule has 0 unspecified atom stereocenters. The van der Waals surface area contributed by atoms with Crippen molar-refractivity contribution in [1.82, 2.24) is 20.4 Å². The third kappa shape index (κ3) is 4.76. The maximum Gasteiger partial charge on any atom is 0.223 e. The summed E-state index contributed by atoms with van der Waals surface area (Å²) in [7, 11) is 3.68. The number of ether oxygens (including phenoxy) is 1. The number of aliphatic imine (C=N–C) groups is 1. The highest BCUT2D eigenvalue weighted by Gasteiger charge is 2.08. The van der Waals surface area contributed by atoms with Crippen molar-refractivity contribution in [2.75, 3.05) is 27.2 Å². The molecule has 1 aromatic carbocycles. The highest BCUT2D eigenvalue weighted by atomic mass is 16.5. The summed E-state index contributed by atoms with van der Waals surface area (Å²) in [6, 6.07) is 9.74. The number of nitrogens with zero attached hydrogens (tertiary/aromatic N) is 4. The van der Waals surface area contributed by atoms with Crippen LogP contribution in [0.4, 0.5) is 0 Å². The molecule has 7 heteroatoms. The van der Waals surface area contributed by atoms with Crippen LogP contribution < -0.4 is 10.1 Å². The number of aryl methyl sites for hydroxylation is 1. The molecular formula is C15H21N5O2. The Morgan fingerprint density at radius 2 is 2.14 bits per heavy atom. The van der Waals surface area contributed by atoms with E-state index in [4.69, 9.17) is 9.26 Å². The van der Waals surface area contributed by atoms with Crippen LogP contribution in [0, 0.1) is 6.92 Å². The predicted octanol–water partition coefficient (Wildman–Crippen LogP) is 1.46. The second-order valence-corrected chi connectivity index (χ2v) is 4.71. The molecule has 0 saturated carbocycles. The van der Waals surface area contributed by atoms with Crippen molar-refractivity contribution in [3.63, 3.8) is 0 Å². The van der Waals surface area contributed by atoms with E-state index in [0.717, 1.165) is 11.7 Å². The number of nitrogens with one attached hydrogen (secondary N) is 1. The highest BCUT2D eigenvalue weighted by molar-refractivity contribution is 5.79. The second kappa shape index (κ2) is 8.02. The van der Waals surface area contributed by atoms with Gasteiger partial charge in [0.25, 0.3) is 0 Å². The molecule has 2 rings (SSSR count). The first-order valence-electron chi connectivity index (χ1n) is 7.08. The zero-order valence-corrected chi connectivity index (χ0v) is 13.1. The molecule has 0 fully saturated rings. The smallest absolute Gasteiger partial charge is 0.223 e. The lowest BCUT2D eigenvalue weighted by Crippen LogP contribution is -2.40. The standard InChI is InChI=1S/C15H21N5O2/c1-12-18-14(19-22-12)11-17-15(16-2)20(3)9-10-21-13-7-5-4-6-8-13/h4-8H,9-11H2,1-3H3,(H,16,17). The number of likely N-dealkylation sites (N-methyl/N-ethyl adjacent to an activating group) is 1.